The molecule has 0 saturated carbocycles. The van der Waals surface area contributed by atoms with Crippen LogP contribution in [0.4, 0.5) is 11.4 Å². The van der Waals surface area contributed by atoms with E-state index >= 15 is 0 Å². The van der Waals surface area contributed by atoms with Gasteiger partial charge in [-0.2, -0.15) is 0 Å². The largest absolute Gasteiger partial charge is 0.375 e. The number of anilines is 2. The van der Waals surface area contributed by atoms with Crippen LogP contribution >= 0.6 is 0 Å². The number of carbonyl (C=O) groups is 2. The van der Waals surface area contributed by atoms with Gasteiger partial charge in [0.1, 0.15) is 6.04 Å². The molecule has 2 heterocycles. The number of nitrogens with one attached hydrogen (secondary N) is 2. The zero-order chi connectivity index (χ0) is 20.2. The highest BCUT2D eigenvalue weighted by molar-refractivity contribution is 5.97. The van der Waals surface area contributed by atoms with Crippen LogP contribution in [0.25, 0.3) is 0 Å². The Kier molecular flexibility index (Phi) is 5.92. The molecule has 6 nitrogen and oxygen atoms in total. The van der Waals surface area contributed by atoms with Gasteiger partial charge in [-0.1, -0.05) is 30.3 Å². The Bertz CT molecular complexity index is 881. The second-order valence-corrected chi connectivity index (χ2v) is 7.65. The molecule has 2 aliphatic heterocycles. The SMILES string of the molecule is C[C@H]1OCCN[C@@H]1C(=O)Nc1ccc(CC(=O)N2CCCc3ccccc32)cc1. The fourth-order valence-corrected chi connectivity index (χ4v) is 4.02. The fraction of sp³-hybridized carbons (Fsp3) is 0.391. The highest BCUT2D eigenvalue weighted by Gasteiger charge is 2.28. The fourth-order valence-electron chi connectivity index (χ4n) is 4.02. The summed E-state index contributed by atoms with van der Waals surface area (Å²) in [4.78, 5) is 27.2. The Hall–Kier alpha value is -2.70. The molecule has 2 aromatic rings. The highest BCUT2D eigenvalue weighted by atomic mass is 16.5. The number of morpholine rings is 1. The van der Waals surface area contributed by atoms with E-state index in [2.05, 4.69) is 16.7 Å². The van der Waals surface area contributed by atoms with Gasteiger partial charge in [0.2, 0.25) is 11.8 Å². The van der Waals surface area contributed by atoms with E-state index < -0.39 is 0 Å². The van der Waals surface area contributed by atoms with Gasteiger partial charge in [-0.15, -0.1) is 0 Å². The number of para-hydroxylation sites is 1. The Morgan fingerprint density at radius 3 is 2.76 bits per heavy atom. The van der Waals surface area contributed by atoms with Crippen molar-refractivity contribution in [2.45, 2.75) is 38.3 Å². The maximum Gasteiger partial charge on any atom is 0.244 e. The lowest BCUT2D eigenvalue weighted by molar-refractivity contribution is -0.123. The van der Waals surface area contributed by atoms with Gasteiger partial charge in [0.05, 0.1) is 19.1 Å². The third kappa shape index (κ3) is 4.49. The van der Waals surface area contributed by atoms with Crippen LogP contribution in [0.1, 0.15) is 24.5 Å². The third-order valence-electron chi connectivity index (χ3n) is 5.59. The van der Waals surface area contributed by atoms with Crippen molar-refractivity contribution in [3.05, 3.63) is 59.7 Å². The average molecular weight is 393 g/mol. The minimum atomic E-state index is -0.357. The second-order valence-electron chi connectivity index (χ2n) is 7.65. The van der Waals surface area contributed by atoms with Gasteiger partial charge in [-0.25, -0.2) is 0 Å². The Balaban J connectivity index is 1.37. The molecule has 0 unspecified atom stereocenters. The van der Waals surface area contributed by atoms with Crippen molar-refractivity contribution in [3.8, 4) is 0 Å². The molecule has 1 fully saturated rings. The number of benzene rings is 2. The second kappa shape index (κ2) is 8.76. The monoisotopic (exact) mass is 393 g/mol. The first-order valence-electron chi connectivity index (χ1n) is 10.2. The van der Waals surface area contributed by atoms with E-state index in [1.165, 1.54) is 5.56 Å². The van der Waals surface area contributed by atoms with E-state index in [9.17, 15) is 9.59 Å². The number of rotatable bonds is 4. The van der Waals surface area contributed by atoms with Gasteiger partial charge < -0.3 is 20.3 Å². The van der Waals surface area contributed by atoms with Crippen molar-refractivity contribution in [2.24, 2.45) is 0 Å². The van der Waals surface area contributed by atoms with Crippen molar-refractivity contribution in [3.63, 3.8) is 0 Å². The molecule has 6 heteroatoms. The first kappa shape index (κ1) is 19.6. The van der Waals surface area contributed by atoms with Gasteiger partial charge in [0.25, 0.3) is 0 Å². The zero-order valence-corrected chi connectivity index (χ0v) is 16.7. The number of hydrogen-bond donors (Lipinski definition) is 2. The molecule has 0 aromatic heterocycles. The normalized spacial score (nSPS) is 21.3. The molecule has 0 aliphatic carbocycles. The molecule has 2 aliphatic rings. The van der Waals surface area contributed by atoms with Crippen LogP contribution in [0.5, 0.6) is 0 Å². The van der Waals surface area contributed by atoms with E-state index in [1.54, 1.807) is 0 Å². The molecule has 152 valence electrons. The molecule has 29 heavy (non-hydrogen) atoms. The first-order valence-corrected chi connectivity index (χ1v) is 10.2. The Labute approximate surface area is 171 Å². The predicted octanol–water partition coefficient (Wildman–Crippen LogP) is 2.52. The van der Waals surface area contributed by atoms with E-state index in [-0.39, 0.29) is 24.0 Å². The molecule has 0 radical (unpaired) electrons. The van der Waals surface area contributed by atoms with Gasteiger partial charge >= 0.3 is 0 Å². The van der Waals surface area contributed by atoms with Crippen molar-refractivity contribution >= 4 is 23.2 Å². The summed E-state index contributed by atoms with van der Waals surface area (Å²) in [6.07, 6.45) is 2.20. The van der Waals surface area contributed by atoms with Gasteiger partial charge in [-0.3, -0.25) is 9.59 Å². The van der Waals surface area contributed by atoms with Gasteiger partial charge in [0.15, 0.2) is 0 Å². The van der Waals surface area contributed by atoms with Crippen LogP contribution in [0, 0.1) is 0 Å². The van der Waals surface area contributed by atoms with Crippen LogP contribution in [0.3, 0.4) is 0 Å². The minimum absolute atomic E-state index is 0.103. The molecule has 0 bridgehead atoms. The van der Waals surface area contributed by atoms with Crippen LogP contribution in [-0.2, 0) is 27.2 Å². The van der Waals surface area contributed by atoms with E-state index in [1.807, 2.05) is 54.3 Å². The smallest absolute Gasteiger partial charge is 0.244 e. The van der Waals surface area contributed by atoms with Gasteiger partial charge in [0, 0.05) is 24.5 Å². The third-order valence-corrected chi connectivity index (χ3v) is 5.59. The number of hydrogen-bond acceptors (Lipinski definition) is 4. The van der Waals surface area contributed by atoms with Crippen LogP contribution in [0.15, 0.2) is 48.5 Å². The quantitative estimate of drug-likeness (QED) is 0.838. The molecule has 1 saturated heterocycles. The zero-order valence-electron chi connectivity index (χ0n) is 16.7. The summed E-state index contributed by atoms with van der Waals surface area (Å²) in [6.45, 7) is 3.95. The number of carbonyl (C=O) groups excluding carboxylic acids is 2. The maximum absolute atomic E-state index is 12.9. The van der Waals surface area contributed by atoms with E-state index in [0.717, 1.165) is 30.6 Å². The molecule has 0 spiro atoms. The summed E-state index contributed by atoms with van der Waals surface area (Å²) in [5.74, 6) is -0.00253. The average Bonchev–Trinajstić information content (AvgIpc) is 2.75. The van der Waals surface area contributed by atoms with Gasteiger partial charge in [-0.05, 0) is 49.1 Å². The summed E-state index contributed by atoms with van der Waals surface area (Å²) in [5, 5.41) is 6.11. The lowest BCUT2D eigenvalue weighted by atomic mass is 10.0. The summed E-state index contributed by atoms with van der Waals surface area (Å²) >= 11 is 0. The van der Waals surface area contributed by atoms with Crippen LogP contribution < -0.4 is 15.5 Å². The van der Waals surface area contributed by atoms with Crippen LogP contribution in [-0.4, -0.2) is 43.7 Å². The summed E-state index contributed by atoms with van der Waals surface area (Å²) < 4.78 is 5.53. The van der Waals surface area contributed by atoms with E-state index in [4.69, 9.17) is 4.74 Å². The summed E-state index contributed by atoms with van der Waals surface area (Å²) in [6, 6.07) is 15.3. The molecule has 2 amide bonds. The van der Waals surface area contributed by atoms with Crippen molar-refractivity contribution in [1.82, 2.24) is 5.32 Å². The summed E-state index contributed by atoms with van der Waals surface area (Å²) in [7, 11) is 0. The molecular weight excluding hydrogens is 366 g/mol. The molecule has 4 rings (SSSR count). The highest BCUT2D eigenvalue weighted by Crippen LogP contribution is 2.27. The number of amides is 2. The van der Waals surface area contributed by atoms with Crippen LogP contribution in [0.2, 0.25) is 0 Å². The minimum Gasteiger partial charge on any atom is -0.375 e. The Morgan fingerprint density at radius 2 is 1.97 bits per heavy atom. The maximum atomic E-state index is 12.9. The topological polar surface area (TPSA) is 70.7 Å². The predicted molar refractivity (Wildman–Crippen MR) is 113 cm³/mol. The number of fused-ring (bicyclic) bond motifs is 1. The van der Waals surface area contributed by atoms with Crippen molar-refractivity contribution in [2.75, 3.05) is 29.9 Å². The molecule has 2 N–H and O–H groups in total. The van der Waals surface area contributed by atoms with Crippen molar-refractivity contribution in [1.29, 1.82) is 0 Å². The first-order chi connectivity index (χ1) is 14.1. The molecule has 2 aromatic carbocycles. The van der Waals surface area contributed by atoms with E-state index in [0.29, 0.717) is 25.3 Å². The lowest BCUT2D eigenvalue weighted by Crippen LogP contribution is -2.53. The number of aryl methyl sites for hydroxylation is 1. The molecular formula is C23H27N3O3. The standard InChI is InChI=1S/C23H27N3O3/c1-16-22(24-12-14-29-16)23(28)25-19-10-8-17(9-11-19)15-21(27)26-13-4-6-18-5-2-3-7-20(18)26/h2-3,5,7-11,16,22,24H,4,6,12-15H2,1H3,(H,25,28)/t16-,22+/m1/s1. The van der Waals surface area contributed by atoms with Crippen molar-refractivity contribution < 1.29 is 14.3 Å². The number of nitrogens with zero attached hydrogens (tertiary/aromatic N) is 1. The lowest BCUT2D eigenvalue weighted by Gasteiger charge is -2.29. The Morgan fingerprint density at radius 1 is 1.17 bits per heavy atom. The number of ether oxygens (including phenoxy) is 1. The molecule has 2 atom stereocenters. The summed E-state index contributed by atoms with van der Waals surface area (Å²) in [5.41, 5.74) is 3.92.